The first-order valence-electron chi connectivity index (χ1n) is 10.3. The first kappa shape index (κ1) is 29.4. The standard InChI is InChI=1S/C23H36N4O2.2ClH/c1-15-10-8-11-16(2)19(15)26-20(28)17(3)24-12-9-13-25-21(29)18-14-22(4,5)27-23(18,6)7;;/h8,10-11,14,17,24,27H,9,12-13H2,1-7H3,(H,25,29)(H,26,28);2*1H. The van der Waals surface area contributed by atoms with Crippen LogP contribution in [0, 0.1) is 13.8 Å². The molecule has 0 fully saturated rings. The van der Waals surface area contributed by atoms with Crippen molar-refractivity contribution in [3.05, 3.63) is 41.0 Å². The quantitative estimate of drug-likeness (QED) is 0.435. The number of benzene rings is 1. The second-order valence-electron chi connectivity index (χ2n) is 9.07. The Balaban J connectivity index is 0.00000450. The third-order valence-corrected chi connectivity index (χ3v) is 5.27. The SMILES string of the molecule is Cc1cccc(C)c1NC(=O)C(C)NCCCNC(=O)C1=CC(C)(C)NC1(C)C.Cl.Cl. The fraction of sp³-hybridized carbons (Fsp3) is 0.565. The Morgan fingerprint density at radius 1 is 1.03 bits per heavy atom. The Kier molecular flexibility index (Phi) is 11.2. The molecule has 0 spiro atoms. The second-order valence-corrected chi connectivity index (χ2v) is 9.07. The van der Waals surface area contributed by atoms with Crippen LogP contribution < -0.4 is 21.3 Å². The lowest BCUT2D eigenvalue weighted by Crippen LogP contribution is -2.47. The van der Waals surface area contributed by atoms with E-state index in [2.05, 4.69) is 35.1 Å². The van der Waals surface area contributed by atoms with Crippen molar-refractivity contribution in [3.63, 3.8) is 0 Å². The van der Waals surface area contributed by atoms with Gasteiger partial charge < -0.3 is 16.0 Å². The molecule has 6 nitrogen and oxygen atoms in total. The summed E-state index contributed by atoms with van der Waals surface area (Å²) in [6.07, 6.45) is 2.75. The van der Waals surface area contributed by atoms with Crippen molar-refractivity contribution < 1.29 is 9.59 Å². The molecule has 2 rings (SSSR count). The Morgan fingerprint density at radius 3 is 2.13 bits per heavy atom. The molecule has 0 saturated carbocycles. The van der Waals surface area contributed by atoms with Gasteiger partial charge in [0.05, 0.1) is 6.04 Å². The van der Waals surface area contributed by atoms with Crippen LogP contribution in [0.2, 0.25) is 0 Å². The van der Waals surface area contributed by atoms with E-state index in [-0.39, 0.29) is 53.7 Å². The number of hydrogen-bond acceptors (Lipinski definition) is 4. The minimum atomic E-state index is -0.341. The van der Waals surface area contributed by atoms with Gasteiger partial charge in [0.2, 0.25) is 11.8 Å². The number of anilines is 1. The molecule has 1 aromatic carbocycles. The lowest BCUT2D eigenvalue weighted by Gasteiger charge is -2.27. The highest BCUT2D eigenvalue weighted by Crippen LogP contribution is 2.29. The predicted octanol–water partition coefficient (Wildman–Crippen LogP) is 3.66. The van der Waals surface area contributed by atoms with E-state index >= 15 is 0 Å². The third-order valence-electron chi connectivity index (χ3n) is 5.27. The second kappa shape index (κ2) is 11.9. The lowest BCUT2D eigenvalue weighted by atomic mass is 9.96. The van der Waals surface area contributed by atoms with Crippen LogP contribution in [-0.2, 0) is 9.59 Å². The summed E-state index contributed by atoms with van der Waals surface area (Å²) in [4.78, 5) is 25.0. The van der Waals surface area contributed by atoms with E-state index in [9.17, 15) is 9.59 Å². The molecule has 1 unspecified atom stereocenters. The van der Waals surface area contributed by atoms with Gasteiger partial charge in [-0.25, -0.2) is 0 Å². The number of hydrogen-bond donors (Lipinski definition) is 4. The molecule has 8 heteroatoms. The van der Waals surface area contributed by atoms with Crippen molar-refractivity contribution in [1.29, 1.82) is 0 Å². The lowest BCUT2D eigenvalue weighted by molar-refractivity contribution is -0.118. The zero-order chi connectivity index (χ0) is 21.8. The van der Waals surface area contributed by atoms with Gasteiger partial charge in [-0.15, -0.1) is 24.8 Å². The summed E-state index contributed by atoms with van der Waals surface area (Å²) < 4.78 is 0. The van der Waals surface area contributed by atoms with Crippen molar-refractivity contribution in [2.45, 2.75) is 72.0 Å². The fourth-order valence-corrected chi connectivity index (χ4v) is 3.84. The molecular weight excluding hydrogens is 435 g/mol. The van der Waals surface area contributed by atoms with Crippen molar-refractivity contribution in [2.24, 2.45) is 0 Å². The zero-order valence-corrected chi connectivity index (χ0v) is 21.3. The van der Waals surface area contributed by atoms with Gasteiger partial charge >= 0.3 is 0 Å². The van der Waals surface area contributed by atoms with Gasteiger partial charge in [0.1, 0.15) is 0 Å². The summed E-state index contributed by atoms with van der Waals surface area (Å²) in [5.74, 6) is -0.0912. The molecule has 0 bridgehead atoms. The van der Waals surface area contributed by atoms with Crippen LogP contribution in [0.3, 0.4) is 0 Å². The van der Waals surface area contributed by atoms with E-state index in [1.165, 1.54) is 0 Å². The molecule has 31 heavy (non-hydrogen) atoms. The molecule has 0 saturated heterocycles. The van der Waals surface area contributed by atoms with E-state index < -0.39 is 0 Å². The Hall–Kier alpha value is -1.60. The maximum atomic E-state index is 12.5. The van der Waals surface area contributed by atoms with Gasteiger partial charge in [-0.3, -0.25) is 14.9 Å². The van der Waals surface area contributed by atoms with Crippen LogP contribution in [0.4, 0.5) is 5.69 Å². The normalized spacial score (nSPS) is 16.9. The first-order valence-corrected chi connectivity index (χ1v) is 10.3. The highest BCUT2D eigenvalue weighted by molar-refractivity contribution is 5.97. The molecule has 1 aliphatic rings. The monoisotopic (exact) mass is 472 g/mol. The van der Waals surface area contributed by atoms with E-state index in [0.29, 0.717) is 13.1 Å². The van der Waals surface area contributed by atoms with E-state index in [1.807, 2.05) is 58.9 Å². The zero-order valence-electron chi connectivity index (χ0n) is 19.6. The van der Waals surface area contributed by atoms with E-state index in [0.717, 1.165) is 28.8 Å². The largest absolute Gasteiger partial charge is 0.352 e. The molecular formula is C23H38Cl2N4O2. The van der Waals surface area contributed by atoms with Gasteiger partial charge in [-0.1, -0.05) is 24.3 Å². The van der Waals surface area contributed by atoms with Crippen LogP contribution in [0.5, 0.6) is 0 Å². The number of aryl methyl sites for hydroxylation is 2. The number of para-hydroxylation sites is 1. The van der Waals surface area contributed by atoms with Gasteiger partial charge in [0.25, 0.3) is 0 Å². The molecule has 2 amide bonds. The van der Waals surface area contributed by atoms with Crippen molar-refractivity contribution in [1.82, 2.24) is 16.0 Å². The molecule has 4 N–H and O–H groups in total. The number of amides is 2. The minimum absolute atomic E-state index is 0. The molecule has 1 aromatic rings. The number of halogens is 2. The van der Waals surface area contributed by atoms with Crippen LogP contribution in [0.15, 0.2) is 29.8 Å². The number of nitrogens with one attached hydrogen (secondary N) is 4. The van der Waals surface area contributed by atoms with Gasteiger partial charge in [-0.2, -0.15) is 0 Å². The summed E-state index contributed by atoms with van der Waals surface area (Å²) in [5, 5.41) is 12.7. The average Bonchev–Trinajstić information content (AvgIpc) is 2.84. The van der Waals surface area contributed by atoms with Gasteiger partial charge in [-0.05, 0) is 72.6 Å². The average molecular weight is 473 g/mol. The Bertz CT molecular complexity index is 787. The van der Waals surface area contributed by atoms with Gasteiger partial charge in [0, 0.05) is 28.9 Å². The summed E-state index contributed by atoms with van der Waals surface area (Å²) >= 11 is 0. The maximum absolute atomic E-state index is 12.5. The third kappa shape index (κ3) is 8.11. The molecule has 0 radical (unpaired) electrons. The molecule has 1 atom stereocenters. The van der Waals surface area contributed by atoms with Gasteiger partial charge in [0.15, 0.2) is 0 Å². The Labute approximate surface area is 199 Å². The maximum Gasteiger partial charge on any atom is 0.248 e. The first-order chi connectivity index (χ1) is 13.4. The van der Waals surface area contributed by atoms with Crippen molar-refractivity contribution in [2.75, 3.05) is 18.4 Å². The fourth-order valence-electron chi connectivity index (χ4n) is 3.84. The van der Waals surface area contributed by atoms with E-state index in [1.54, 1.807) is 0 Å². The van der Waals surface area contributed by atoms with Crippen molar-refractivity contribution >= 4 is 42.3 Å². The molecule has 176 valence electrons. The van der Waals surface area contributed by atoms with Crippen LogP contribution >= 0.6 is 24.8 Å². The smallest absolute Gasteiger partial charge is 0.248 e. The van der Waals surface area contributed by atoms with E-state index in [4.69, 9.17) is 0 Å². The summed E-state index contributed by atoms with van der Waals surface area (Å²) in [6.45, 7) is 15.2. The summed E-state index contributed by atoms with van der Waals surface area (Å²) in [5.41, 5.74) is 3.23. The molecule has 1 aliphatic heterocycles. The summed E-state index contributed by atoms with van der Waals surface area (Å²) in [7, 11) is 0. The molecule has 0 aromatic heterocycles. The highest BCUT2D eigenvalue weighted by atomic mass is 35.5. The predicted molar refractivity (Wildman–Crippen MR) is 134 cm³/mol. The number of carbonyl (C=O) groups excluding carboxylic acids is 2. The van der Waals surface area contributed by atoms with Crippen molar-refractivity contribution in [3.8, 4) is 0 Å². The Morgan fingerprint density at radius 2 is 1.61 bits per heavy atom. The van der Waals surface area contributed by atoms with Crippen LogP contribution in [0.1, 0.15) is 52.2 Å². The van der Waals surface area contributed by atoms with Crippen LogP contribution in [0.25, 0.3) is 0 Å². The highest BCUT2D eigenvalue weighted by Gasteiger charge is 2.39. The topological polar surface area (TPSA) is 82.3 Å². The molecule has 1 heterocycles. The molecule has 0 aliphatic carbocycles. The summed E-state index contributed by atoms with van der Waals surface area (Å²) in [6, 6.07) is 5.64. The number of rotatable bonds is 8. The van der Waals surface area contributed by atoms with Crippen LogP contribution in [-0.4, -0.2) is 42.0 Å². The minimum Gasteiger partial charge on any atom is -0.352 e. The number of carbonyl (C=O) groups is 2.